The Kier molecular flexibility index (Phi) is 3.71. The molecule has 1 aliphatic heterocycles. The molecule has 3 rings (SSSR count). The summed E-state index contributed by atoms with van der Waals surface area (Å²) in [6.07, 6.45) is 3.68. The second kappa shape index (κ2) is 4.92. The van der Waals surface area contributed by atoms with Crippen LogP contribution in [0.1, 0.15) is 30.9 Å². The van der Waals surface area contributed by atoms with Crippen molar-refractivity contribution in [1.82, 2.24) is 0 Å². The maximum absolute atomic E-state index is 6.21. The smallest absolute Gasteiger partial charge is 0.231 e. The van der Waals surface area contributed by atoms with Crippen LogP contribution in [0.25, 0.3) is 0 Å². The van der Waals surface area contributed by atoms with Gasteiger partial charge in [-0.2, -0.15) is 0 Å². The van der Waals surface area contributed by atoms with Crippen molar-refractivity contribution in [3.05, 3.63) is 22.7 Å². The Hall–Kier alpha value is -0.640. The van der Waals surface area contributed by atoms with Crippen molar-refractivity contribution < 1.29 is 9.47 Å². The standard InChI is InChI=1S/C12H14ClNO2.ClH/c13-9-5-11-10(15-6-16-11)4-8(9)12(14)7-2-1-3-7;/h4-5,7,12H,1-3,6,14H2;1H/t12-;/m0./s1. The summed E-state index contributed by atoms with van der Waals surface area (Å²) in [7, 11) is 0. The second-order valence-corrected chi connectivity index (χ2v) is 4.85. The zero-order chi connectivity index (χ0) is 11.1. The third-order valence-electron chi connectivity index (χ3n) is 3.51. The number of nitrogens with two attached hydrogens (primary N) is 1. The van der Waals surface area contributed by atoms with E-state index in [1.165, 1.54) is 19.3 Å². The van der Waals surface area contributed by atoms with Crippen molar-refractivity contribution in [2.75, 3.05) is 6.79 Å². The summed E-state index contributed by atoms with van der Waals surface area (Å²) in [5.74, 6) is 2.04. The fourth-order valence-electron chi connectivity index (χ4n) is 2.24. The van der Waals surface area contributed by atoms with E-state index in [1.807, 2.05) is 6.07 Å². The van der Waals surface area contributed by atoms with Crippen LogP contribution in [0.15, 0.2) is 12.1 Å². The third kappa shape index (κ3) is 2.19. The van der Waals surface area contributed by atoms with Crippen LogP contribution in [-0.2, 0) is 0 Å². The Morgan fingerprint density at radius 2 is 1.88 bits per heavy atom. The molecule has 0 amide bonds. The van der Waals surface area contributed by atoms with E-state index in [1.54, 1.807) is 6.07 Å². The molecule has 1 fully saturated rings. The monoisotopic (exact) mass is 275 g/mol. The van der Waals surface area contributed by atoms with E-state index < -0.39 is 0 Å². The first kappa shape index (κ1) is 12.8. The van der Waals surface area contributed by atoms with E-state index in [4.69, 9.17) is 26.8 Å². The molecule has 2 N–H and O–H groups in total. The molecule has 1 atom stereocenters. The van der Waals surface area contributed by atoms with Gasteiger partial charge in [0.2, 0.25) is 6.79 Å². The number of rotatable bonds is 2. The predicted octanol–water partition coefficient (Wildman–Crippen LogP) is 3.29. The molecule has 0 aromatic heterocycles. The first-order chi connectivity index (χ1) is 7.75. The number of ether oxygens (including phenoxy) is 2. The van der Waals surface area contributed by atoms with E-state index in [-0.39, 0.29) is 25.2 Å². The normalized spacial score (nSPS) is 19.4. The molecule has 0 saturated heterocycles. The van der Waals surface area contributed by atoms with Crippen molar-refractivity contribution >= 4 is 24.0 Å². The molecular weight excluding hydrogens is 261 g/mol. The molecule has 0 unspecified atom stereocenters. The van der Waals surface area contributed by atoms with Gasteiger partial charge in [-0.1, -0.05) is 18.0 Å². The first-order valence-electron chi connectivity index (χ1n) is 5.60. The summed E-state index contributed by atoms with van der Waals surface area (Å²) >= 11 is 6.21. The van der Waals surface area contributed by atoms with Gasteiger partial charge in [0.15, 0.2) is 11.5 Å². The molecule has 1 aliphatic carbocycles. The van der Waals surface area contributed by atoms with Crippen molar-refractivity contribution in [1.29, 1.82) is 0 Å². The van der Waals surface area contributed by atoms with Gasteiger partial charge in [-0.05, 0) is 30.4 Å². The van der Waals surface area contributed by atoms with Crippen LogP contribution in [-0.4, -0.2) is 6.79 Å². The lowest BCUT2D eigenvalue weighted by Gasteiger charge is -2.31. The summed E-state index contributed by atoms with van der Waals surface area (Å²) < 4.78 is 10.6. The molecule has 1 heterocycles. The van der Waals surface area contributed by atoms with E-state index >= 15 is 0 Å². The summed E-state index contributed by atoms with van der Waals surface area (Å²) in [6, 6.07) is 3.75. The van der Waals surface area contributed by atoms with E-state index in [9.17, 15) is 0 Å². The lowest BCUT2D eigenvalue weighted by Crippen LogP contribution is -2.27. The number of hydrogen-bond acceptors (Lipinski definition) is 3. The molecule has 1 saturated carbocycles. The molecule has 17 heavy (non-hydrogen) atoms. The van der Waals surface area contributed by atoms with Crippen LogP contribution >= 0.6 is 24.0 Å². The van der Waals surface area contributed by atoms with Gasteiger partial charge < -0.3 is 15.2 Å². The highest BCUT2D eigenvalue weighted by Gasteiger charge is 2.28. The minimum atomic E-state index is 0. The highest BCUT2D eigenvalue weighted by Crippen LogP contribution is 2.43. The average molecular weight is 276 g/mol. The van der Waals surface area contributed by atoms with Gasteiger partial charge in [0.25, 0.3) is 0 Å². The predicted molar refractivity (Wildman–Crippen MR) is 69.1 cm³/mol. The van der Waals surface area contributed by atoms with Crippen molar-refractivity contribution in [2.24, 2.45) is 11.7 Å². The van der Waals surface area contributed by atoms with Gasteiger partial charge >= 0.3 is 0 Å². The Morgan fingerprint density at radius 1 is 1.24 bits per heavy atom. The first-order valence-corrected chi connectivity index (χ1v) is 5.98. The Labute approximate surface area is 112 Å². The zero-order valence-corrected chi connectivity index (χ0v) is 10.9. The Bertz CT molecular complexity index is 421. The van der Waals surface area contributed by atoms with Crippen LogP contribution in [0.4, 0.5) is 0 Å². The topological polar surface area (TPSA) is 44.5 Å². The SMILES string of the molecule is Cl.N[C@H](c1cc2c(cc1Cl)OCO2)C1CCC1. The maximum atomic E-state index is 6.21. The fraction of sp³-hybridized carbons (Fsp3) is 0.500. The van der Waals surface area contributed by atoms with Crippen LogP contribution in [0.3, 0.4) is 0 Å². The van der Waals surface area contributed by atoms with E-state index in [0.717, 1.165) is 17.1 Å². The van der Waals surface area contributed by atoms with Crippen LogP contribution < -0.4 is 15.2 Å². The molecule has 0 bridgehead atoms. The average Bonchev–Trinajstić information content (AvgIpc) is 2.60. The highest BCUT2D eigenvalue weighted by molar-refractivity contribution is 6.31. The number of fused-ring (bicyclic) bond motifs is 1. The molecule has 3 nitrogen and oxygen atoms in total. The number of hydrogen-bond donors (Lipinski definition) is 1. The van der Waals surface area contributed by atoms with Crippen LogP contribution in [0.2, 0.25) is 5.02 Å². The lowest BCUT2D eigenvalue weighted by atomic mass is 9.77. The fourth-order valence-corrected chi connectivity index (χ4v) is 2.52. The van der Waals surface area contributed by atoms with Crippen molar-refractivity contribution in [2.45, 2.75) is 25.3 Å². The number of benzene rings is 1. The van der Waals surface area contributed by atoms with Crippen molar-refractivity contribution in [3.63, 3.8) is 0 Å². The summed E-state index contributed by atoms with van der Waals surface area (Å²) in [6.45, 7) is 0.272. The lowest BCUT2D eigenvalue weighted by molar-refractivity contribution is 0.174. The highest BCUT2D eigenvalue weighted by atomic mass is 35.5. The van der Waals surface area contributed by atoms with Gasteiger partial charge in [0.1, 0.15) is 0 Å². The zero-order valence-electron chi connectivity index (χ0n) is 9.32. The van der Waals surface area contributed by atoms with Crippen LogP contribution in [0, 0.1) is 5.92 Å². The van der Waals surface area contributed by atoms with E-state index in [0.29, 0.717) is 10.9 Å². The van der Waals surface area contributed by atoms with Crippen molar-refractivity contribution in [3.8, 4) is 11.5 Å². The Balaban J connectivity index is 0.00000108. The summed E-state index contributed by atoms with van der Waals surface area (Å²) in [4.78, 5) is 0. The largest absolute Gasteiger partial charge is 0.454 e. The summed E-state index contributed by atoms with van der Waals surface area (Å²) in [5, 5.41) is 0.684. The third-order valence-corrected chi connectivity index (χ3v) is 3.84. The van der Waals surface area contributed by atoms with Gasteiger partial charge in [-0.3, -0.25) is 0 Å². The molecule has 0 radical (unpaired) electrons. The molecule has 1 aromatic rings. The maximum Gasteiger partial charge on any atom is 0.231 e. The van der Waals surface area contributed by atoms with Gasteiger partial charge in [0.05, 0.1) is 0 Å². The summed E-state index contributed by atoms with van der Waals surface area (Å²) in [5.41, 5.74) is 7.20. The van der Waals surface area contributed by atoms with E-state index in [2.05, 4.69) is 0 Å². The van der Waals surface area contributed by atoms with Gasteiger partial charge in [-0.25, -0.2) is 0 Å². The van der Waals surface area contributed by atoms with Gasteiger partial charge in [-0.15, -0.1) is 12.4 Å². The van der Waals surface area contributed by atoms with Gasteiger partial charge in [0, 0.05) is 17.1 Å². The second-order valence-electron chi connectivity index (χ2n) is 4.44. The quantitative estimate of drug-likeness (QED) is 0.901. The minimum Gasteiger partial charge on any atom is -0.454 e. The Morgan fingerprint density at radius 3 is 2.47 bits per heavy atom. The molecule has 1 aromatic carbocycles. The number of halogens is 2. The van der Waals surface area contributed by atoms with Crippen LogP contribution in [0.5, 0.6) is 11.5 Å². The molecule has 94 valence electrons. The molecule has 2 aliphatic rings. The minimum absolute atomic E-state index is 0. The molecule has 0 spiro atoms. The molecule has 5 heteroatoms. The molecular formula is C12H15Cl2NO2.